The molecule has 130 valence electrons. The number of aliphatic carboxylic acids is 1. The van der Waals surface area contributed by atoms with E-state index in [1.165, 1.54) is 25.0 Å². The maximum Gasteiger partial charge on any atom is 0.317 e. The number of hydrogen-bond acceptors (Lipinski definition) is 3. The standard InChI is InChI=1S/C19H25FN2O2/c20-16-7-5-14(6-8-16)2-1-9-21-17-10-18(11-17)22(13-19(23)24)12-15-3-4-15/h1-2,5-8,15,17-18,21H,3-4,9-13H2,(H,23,24)/b2-1+. The first kappa shape index (κ1) is 17.1. The smallest absolute Gasteiger partial charge is 0.317 e. The number of carboxylic acid groups (broad SMARTS) is 1. The quantitative estimate of drug-likeness (QED) is 0.730. The molecule has 0 radical (unpaired) electrons. The van der Waals surface area contributed by atoms with Crippen molar-refractivity contribution < 1.29 is 14.3 Å². The van der Waals surface area contributed by atoms with Gasteiger partial charge in [-0.25, -0.2) is 4.39 Å². The summed E-state index contributed by atoms with van der Waals surface area (Å²) in [6.45, 7) is 1.88. The van der Waals surface area contributed by atoms with Crippen molar-refractivity contribution >= 4 is 12.0 Å². The molecule has 3 rings (SSSR count). The molecule has 0 saturated heterocycles. The Balaban J connectivity index is 1.36. The third-order valence-electron chi connectivity index (χ3n) is 4.86. The maximum absolute atomic E-state index is 12.8. The lowest BCUT2D eigenvalue weighted by Crippen LogP contribution is -2.54. The minimum Gasteiger partial charge on any atom is -0.480 e. The van der Waals surface area contributed by atoms with Gasteiger partial charge in [-0.1, -0.05) is 24.3 Å². The lowest BCUT2D eigenvalue weighted by Gasteiger charge is -2.42. The van der Waals surface area contributed by atoms with Gasteiger partial charge in [-0.3, -0.25) is 9.69 Å². The molecule has 0 atom stereocenters. The summed E-state index contributed by atoms with van der Waals surface area (Å²) in [5, 5.41) is 12.5. The van der Waals surface area contributed by atoms with Gasteiger partial charge >= 0.3 is 5.97 Å². The van der Waals surface area contributed by atoms with E-state index in [0.29, 0.717) is 12.1 Å². The normalized spacial score (nSPS) is 23.6. The molecule has 0 bridgehead atoms. The molecule has 2 aliphatic carbocycles. The Morgan fingerprint density at radius 1 is 1.29 bits per heavy atom. The van der Waals surface area contributed by atoms with E-state index in [1.807, 2.05) is 12.2 Å². The van der Waals surface area contributed by atoms with Gasteiger partial charge in [0.1, 0.15) is 5.82 Å². The number of nitrogens with zero attached hydrogens (tertiary/aromatic N) is 1. The zero-order valence-corrected chi connectivity index (χ0v) is 13.8. The van der Waals surface area contributed by atoms with E-state index in [9.17, 15) is 9.18 Å². The fourth-order valence-corrected chi connectivity index (χ4v) is 3.20. The van der Waals surface area contributed by atoms with Gasteiger partial charge in [-0.05, 0) is 49.3 Å². The molecule has 1 aromatic carbocycles. The van der Waals surface area contributed by atoms with Crippen LogP contribution in [0.2, 0.25) is 0 Å². The second-order valence-electron chi connectivity index (χ2n) is 6.95. The molecule has 2 N–H and O–H groups in total. The summed E-state index contributed by atoms with van der Waals surface area (Å²) in [4.78, 5) is 13.2. The van der Waals surface area contributed by atoms with Gasteiger partial charge in [0.25, 0.3) is 0 Å². The number of carbonyl (C=O) groups is 1. The highest BCUT2D eigenvalue weighted by Gasteiger charge is 2.36. The van der Waals surface area contributed by atoms with E-state index in [1.54, 1.807) is 12.1 Å². The van der Waals surface area contributed by atoms with Crippen molar-refractivity contribution in [1.29, 1.82) is 0 Å². The minimum absolute atomic E-state index is 0.165. The number of nitrogens with one attached hydrogen (secondary N) is 1. The molecule has 2 saturated carbocycles. The predicted octanol–water partition coefficient (Wildman–Crippen LogP) is 2.76. The highest BCUT2D eigenvalue weighted by molar-refractivity contribution is 5.69. The lowest BCUT2D eigenvalue weighted by atomic mass is 9.85. The van der Waals surface area contributed by atoms with E-state index in [0.717, 1.165) is 37.4 Å². The van der Waals surface area contributed by atoms with Crippen LogP contribution in [0, 0.1) is 11.7 Å². The van der Waals surface area contributed by atoms with Gasteiger partial charge in [0, 0.05) is 25.2 Å². The third-order valence-corrected chi connectivity index (χ3v) is 4.86. The molecule has 0 spiro atoms. The summed E-state index contributed by atoms with van der Waals surface area (Å²) in [5.74, 6) is -0.229. The number of halogens is 1. The molecule has 0 unspecified atom stereocenters. The van der Waals surface area contributed by atoms with Crippen molar-refractivity contribution in [3.63, 3.8) is 0 Å². The molecule has 0 aromatic heterocycles. The fourth-order valence-electron chi connectivity index (χ4n) is 3.20. The molecule has 4 nitrogen and oxygen atoms in total. The van der Waals surface area contributed by atoms with E-state index < -0.39 is 5.97 Å². The molecule has 0 aliphatic heterocycles. The first-order chi connectivity index (χ1) is 11.6. The monoisotopic (exact) mass is 332 g/mol. The van der Waals surface area contributed by atoms with Crippen molar-refractivity contribution in [2.75, 3.05) is 19.6 Å². The van der Waals surface area contributed by atoms with Crippen LogP contribution in [0.3, 0.4) is 0 Å². The molecule has 2 fully saturated rings. The molecule has 5 heteroatoms. The van der Waals surface area contributed by atoms with Crippen LogP contribution in [0.4, 0.5) is 4.39 Å². The van der Waals surface area contributed by atoms with E-state index >= 15 is 0 Å². The average Bonchev–Trinajstić information content (AvgIpc) is 3.30. The van der Waals surface area contributed by atoms with Gasteiger partial charge in [0.2, 0.25) is 0 Å². The Morgan fingerprint density at radius 3 is 2.62 bits per heavy atom. The van der Waals surface area contributed by atoms with E-state index in [4.69, 9.17) is 5.11 Å². The predicted molar refractivity (Wildman–Crippen MR) is 92.2 cm³/mol. The maximum atomic E-state index is 12.8. The average molecular weight is 332 g/mol. The van der Waals surface area contributed by atoms with Crippen LogP contribution in [0.5, 0.6) is 0 Å². The largest absolute Gasteiger partial charge is 0.480 e. The Hall–Kier alpha value is -1.72. The number of hydrogen-bond donors (Lipinski definition) is 2. The zero-order valence-electron chi connectivity index (χ0n) is 13.8. The van der Waals surface area contributed by atoms with Gasteiger partial charge < -0.3 is 10.4 Å². The highest BCUT2D eigenvalue weighted by atomic mass is 19.1. The first-order valence-corrected chi connectivity index (χ1v) is 8.71. The fraction of sp³-hybridized carbons (Fsp3) is 0.526. The van der Waals surface area contributed by atoms with Crippen molar-refractivity contribution in [2.45, 2.75) is 37.8 Å². The summed E-state index contributed by atoms with van der Waals surface area (Å²) in [5.41, 5.74) is 0.988. The second kappa shape index (κ2) is 7.90. The first-order valence-electron chi connectivity index (χ1n) is 8.71. The molecule has 0 amide bonds. The topological polar surface area (TPSA) is 52.6 Å². The summed E-state index contributed by atoms with van der Waals surface area (Å²) in [7, 11) is 0. The summed E-state index contributed by atoms with van der Waals surface area (Å²) < 4.78 is 12.8. The van der Waals surface area contributed by atoms with Crippen molar-refractivity contribution in [2.24, 2.45) is 5.92 Å². The van der Waals surface area contributed by atoms with Crippen LogP contribution in [0.25, 0.3) is 6.08 Å². The SMILES string of the molecule is O=C(O)CN(CC1CC1)C1CC(NC/C=C/c2ccc(F)cc2)C1. The Bertz CT molecular complexity index is 578. The number of benzene rings is 1. The summed E-state index contributed by atoms with van der Waals surface area (Å²) >= 11 is 0. The molecular weight excluding hydrogens is 307 g/mol. The summed E-state index contributed by atoms with van der Waals surface area (Å²) in [6.07, 6.45) is 8.55. The zero-order chi connectivity index (χ0) is 16.9. The van der Waals surface area contributed by atoms with E-state index in [-0.39, 0.29) is 12.4 Å². The summed E-state index contributed by atoms with van der Waals surface area (Å²) in [6, 6.07) is 7.30. The van der Waals surface area contributed by atoms with Crippen LogP contribution in [0.15, 0.2) is 30.3 Å². The van der Waals surface area contributed by atoms with E-state index in [2.05, 4.69) is 10.2 Å². The van der Waals surface area contributed by atoms with Crippen LogP contribution in [-0.2, 0) is 4.79 Å². The number of rotatable bonds is 9. The van der Waals surface area contributed by atoms with Gasteiger partial charge in [0.05, 0.1) is 6.54 Å². The van der Waals surface area contributed by atoms with Crippen molar-refractivity contribution in [3.8, 4) is 0 Å². The Kier molecular flexibility index (Phi) is 5.63. The van der Waals surface area contributed by atoms with Gasteiger partial charge in [-0.15, -0.1) is 0 Å². The molecule has 0 heterocycles. The van der Waals surface area contributed by atoms with Gasteiger partial charge in [0.15, 0.2) is 0 Å². The van der Waals surface area contributed by atoms with Crippen LogP contribution in [-0.4, -0.2) is 47.7 Å². The molecule has 2 aliphatic rings. The van der Waals surface area contributed by atoms with Crippen LogP contribution in [0.1, 0.15) is 31.2 Å². The lowest BCUT2D eigenvalue weighted by molar-refractivity contribution is -0.139. The second-order valence-corrected chi connectivity index (χ2v) is 6.95. The number of carboxylic acids is 1. The van der Waals surface area contributed by atoms with Gasteiger partial charge in [-0.2, -0.15) is 0 Å². The Labute approximate surface area is 142 Å². The van der Waals surface area contributed by atoms with Crippen molar-refractivity contribution in [1.82, 2.24) is 10.2 Å². The highest BCUT2D eigenvalue weighted by Crippen LogP contribution is 2.33. The Morgan fingerprint density at radius 2 is 2.00 bits per heavy atom. The minimum atomic E-state index is -0.728. The van der Waals surface area contributed by atoms with Crippen LogP contribution < -0.4 is 5.32 Å². The van der Waals surface area contributed by atoms with Crippen molar-refractivity contribution in [3.05, 3.63) is 41.7 Å². The molecular formula is C19H25FN2O2. The van der Waals surface area contributed by atoms with Crippen LogP contribution >= 0.6 is 0 Å². The molecule has 1 aromatic rings. The molecule has 24 heavy (non-hydrogen) atoms. The third kappa shape index (κ3) is 5.14.